The second-order valence-corrected chi connectivity index (χ2v) is 10.0. The molecule has 2 atom stereocenters. The molecule has 200 valence electrons. The van der Waals surface area contributed by atoms with E-state index in [1.165, 1.54) is 4.90 Å². The SMILES string of the molecule is Cc1ccc(NC(=O)N2CCC3(CC3C(F)(F)F)C2)cc1-c1cc(OCCO)nc(N2CCOCC2)c1. The smallest absolute Gasteiger partial charge is 0.392 e. The van der Waals surface area contributed by atoms with Crippen molar-refractivity contribution in [1.29, 1.82) is 0 Å². The molecule has 11 heteroatoms. The molecule has 3 fully saturated rings. The molecular formula is C26H31F3N4O4. The van der Waals surface area contributed by atoms with Crippen LogP contribution in [0.15, 0.2) is 30.3 Å². The zero-order valence-electron chi connectivity index (χ0n) is 20.7. The van der Waals surface area contributed by atoms with Gasteiger partial charge in [0.1, 0.15) is 12.4 Å². The molecule has 1 aromatic carbocycles. The fourth-order valence-electron chi connectivity index (χ4n) is 5.37. The Bertz CT molecular complexity index is 1160. The van der Waals surface area contributed by atoms with Gasteiger partial charge in [-0.1, -0.05) is 6.07 Å². The van der Waals surface area contributed by atoms with Gasteiger partial charge in [-0.05, 0) is 54.7 Å². The van der Waals surface area contributed by atoms with Crippen LogP contribution in [0.2, 0.25) is 0 Å². The van der Waals surface area contributed by atoms with Crippen molar-refractivity contribution < 1.29 is 32.5 Å². The number of alkyl halides is 3. The third-order valence-electron chi connectivity index (χ3n) is 7.52. The normalized spacial score (nSPS) is 23.4. The van der Waals surface area contributed by atoms with E-state index in [1.807, 2.05) is 25.1 Å². The Morgan fingerprint density at radius 1 is 1.24 bits per heavy atom. The average molecular weight is 521 g/mol. The van der Waals surface area contributed by atoms with Gasteiger partial charge in [-0.3, -0.25) is 0 Å². The van der Waals surface area contributed by atoms with Crippen LogP contribution in [0.3, 0.4) is 0 Å². The minimum Gasteiger partial charge on any atom is -0.475 e. The van der Waals surface area contributed by atoms with Crippen molar-refractivity contribution in [2.45, 2.75) is 25.9 Å². The number of pyridine rings is 1. The van der Waals surface area contributed by atoms with Crippen LogP contribution in [0.1, 0.15) is 18.4 Å². The van der Waals surface area contributed by atoms with Crippen LogP contribution in [0.25, 0.3) is 11.1 Å². The van der Waals surface area contributed by atoms with Crippen molar-refractivity contribution in [3.05, 3.63) is 35.9 Å². The highest BCUT2D eigenvalue weighted by molar-refractivity contribution is 5.91. The molecule has 2 unspecified atom stereocenters. The summed E-state index contributed by atoms with van der Waals surface area (Å²) in [5.74, 6) is -0.195. The number of anilines is 2. The molecule has 3 aliphatic rings. The molecular weight excluding hydrogens is 489 g/mol. The number of amides is 2. The van der Waals surface area contributed by atoms with E-state index in [0.717, 1.165) is 22.5 Å². The second-order valence-electron chi connectivity index (χ2n) is 10.0. The summed E-state index contributed by atoms with van der Waals surface area (Å²) in [7, 11) is 0. The first-order chi connectivity index (χ1) is 17.7. The van der Waals surface area contributed by atoms with Crippen LogP contribution in [0.5, 0.6) is 5.88 Å². The standard InChI is InChI=1S/C26H31F3N4O4/c1-17-2-3-19(30-24(35)33-5-4-25(16-33)15-21(25)26(27,28)29)14-20(17)18-12-22(32-6-9-36-10-7-32)31-23(13-18)37-11-8-34/h2-3,12-14,21,34H,4-11,15-16H2,1H3,(H,30,35). The topological polar surface area (TPSA) is 87.2 Å². The largest absolute Gasteiger partial charge is 0.475 e. The molecule has 8 nitrogen and oxygen atoms in total. The number of nitrogens with one attached hydrogen (secondary N) is 1. The number of hydrogen-bond donors (Lipinski definition) is 2. The van der Waals surface area contributed by atoms with Crippen molar-refractivity contribution in [2.75, 3.05) is 62.8 Å². The number of aliphatic hydroxyl groups excluding tert-OH is 1. The Labute approximate surface area is 213 Å². The van der Waals surface area contributed by atoms with Crippen molar-refractivity contribution in [2.24, 2.45) is 11.3 Å². The molecule has 2 amide bonds. The maximum atomic E-state index is 13.1. The minimum absolute atomic E-state index is 0.100. The number of carbonyl (C=O) groups is 1. The zero-order chi connectivity index (χ0) is 26.2. The van der Waals surface area contributed by atoms with Gasteiger partial charge in [0.15, 0.2) is 0 Å². The molecule has 2 saturated heterocycles. The molecule has 5 rings (SSSR count). The van der Waals surface area contributed by atoms with Crippen molar-refractivity contribution in [1.82, 2.24) is 9.88 Å². The number of aryl methyl sites for hydroxylation is 1. The zero-order valence-corrected chi connectivity index (χ0v) is 20.7. The number of benzene rings is 1. The van der Waals surface area contributed by atoms with Crippen LogP contribution in [-0.4, -0.2) is 79.8 Å². The average Bonchev–Trinajstić information content (AvgIpc) is 3.45. The van der Waals surface area contributed by atoms with E-state index in [4.69, 9.17) is 9.47 Å². The number of carbonyl (C=O) groups excluding carboxylic acids is 1. The molecule has 1 aliphatic carbocycles. The number of ether oxygens (including phenoxy) is 2. The van der Waals surface area contributed by atoms with Crippen LogP contribution >= 0.6 is 0 Å². The molecule has 2 aliphatic heterocycles. The van der Waals surface area contributed by atoms with E-state index >= 15 is 0 Å². The summed E-state index contributed by atoms with van der Waals surface area (Å²) < 4.78 is 50.5. The van der Waals surface area contributed by atoms with E-state index < -0.39 is 23.5 Å². The summed E-state index contributed by atoms with van der Waals surface area (Å²) in [6.45, 7) is 4.95. The van der Waals surface area contributed by atoms with Gasteiger partial charge in [0.25, 0.3) is 0 Å². The predicted molar refractivity (Wildman–Crippen MR) is 132 cm³/mol. The lowest BCUT2D eigenvalue weighted by molar-refractivity contribution is -0.155. The summed E-state index contributed by atoms with van der Waals surface area (Å²) >= 11 is 0. The lowest BCUT2D eigenvalue weighted by atomic mass is 10.0. The highest BCUT2D eigenvalue weighted by atomic mass is 19.4. The van der Waals surface area contributed by atoms with Gasteiger partial charge >= 0.3 is 12.2 Å². The Morgan fingerprint density at radius 3 is 2.73 bits per heavy atom. The van der Waals surface area contributed by atoms with Gasteiger partial charge in [-0.15, -0.1) is 0 Å². The van der Waals surface area contributed by atoms with E-state index in [-0.39, 0.29) is 26.2 Å². The number of rotatable bonds is 6. The van der Waals surface area contributed by atoms with Gasteiger partial charge in [-0.2, -0.15) is 18.2 Å². The molecule has 1 aromatic heterocycles. The number of morpholine rings is 1. The number of aromatic nitrogens is 1. The lowest BCUT2D eigenvalue weighted by Crippen LogP contribution is -2.36. The molecule has 3 heterocycles. The predicted octanol–water partition coefficient (Wildman–Crippen LogP) is 4.07. The number of urea groups is 1. The maximum absolute atomic E-state index is 13.1. The molecule has 1 saturated carbocycles. The number of likely N-dealkylation sites (tertiary alicyclic amines) is 1. The van der Waals surface area contributed by atoms with E-state index in [9.17, 15) is 23.1 Å². The van der Waals surface area contributed by atoms with Gasteiger partial charge < -0.3 is 29.7 Å². The lowest BCUT2D eigenvalue weighted by Gasteiger charge is -2.28. The van der Waals surface area contributed by atoms with E-state index in [2.05, 4.69) is 15.2 Å². The van der Waals surface area contributed by atoms with E-state index in [0.29, 0.717) is 50.8 Å². The Balaban J connectivity index is 1.35. The fourth-order valence-corrected chi connectivity index (χ4v) is 5.37. The summed E-state index contributed by atoms with van der Waals surface area (Å²) in [6.07, 6.45) is -3.73. The fraction of sp³-hybridized carbons (Fsp3) is 0.538. The number of hydrogen-bond acceptors (Lipinski definition) is 6. The first kappa shape index (κ1) is 25.6. The molecule has 0 radical (unpaired) electrons. The summed E-state index contributed by atoms with van der Waals surface area (Å²) in [4.78, 5) is 21.1. The highest BCUT2D eigenvalue weighted by Gasteiger charge is 2.68. The molecule has 1 spiro atoms. The Kier molecular flexibility index (Phi) is 6.93. The van der Waals surface area contributed by atoms with Crippen LogP contribution in [0.4, 0.5) is 29.5 Å². The van der Waals surface area contributed by atoms with Crippen molar-refractivity contribution in [3.8, 4) is 17.0 Å². The molecule has 2 aromatic rings. The van der Waals surface area contributed by atoms with Crippen molar-refractivity contribution >= 4 is 17.5 Å². The number of halogens is 3. The monoisotopic (exact) mass is 520 g/mol. The summed E-state index contributed by atoms with van der Waals surface area (Å²) in [6, 6.07) is 8.88. The highest BCUT2D eigenvalue weighted by Crippen LogP contribution is 2.64. The maximum Gasteiger partial charge on any atom is 0.392 e. The number of aliphatic hydroxyl groups is 1. The molecule has 37 heavy (non-hydrogen) atoms. The van der Waals surface area contributed by atoms with Gasteiger partial charge in [0.2, 0.25) is 5.88 Å². The van der Waals surface area contributed by atoms with Crippen LogP contribution in [-0.2, 0) is 4.74 Å². The van der Waals surface area contributed by atoms with Crippen LogP contribution in [0, 0.1) is 18.3 Å². The minimum atomic E-state index is -4.21. The van der Waals surface area contributed by atoms with Crippen molar-refractivity contribution in [3.63, 3.8) is 0 Å². The molecule has 0 bridgehead atoms. The Hall–Kier alpha value is -3.05. The van der Waals surface area contributed by atoms with Gasteiger partial charge in [-0.25, -0.2) is 4.79 Å². The quantitative estimate of drug-likeness (QED) is 0.597. The second kappa shape index (κ2) is 10.0. The van der Waals surface area contributed by atoms with E-state index in [1.54, 1.807) is 12.1 Å². The van der Waals surface area contributed by atoms with Gasteiger partial charge in [0, 0.05) is 43.3 Å². The summed E-state index contributed by atoms with van der Waals surface area (Å²) in [5.41, 5.74) is 2.41. The molecule has 2 N–H and O–H groups in total. The Morgan fingerprint density at radius 2 is 2.03 bits per heavy atom. The van der Waals surface area contributed by atoms with Crippen LogP contribution < -0.4 is 15.0 Å². The first-order valence-electron chi connectivity index (χ1n) is 12.5. The van der Waals surface area contributed by atoms with Gasteiger partial charge in [0.05, 0.1) is 25.7 Å². The first-order valence-corrected chi connectivity index (χ1v) is 12.5. The third kappa shape index (κ3) is 5.47. The summed E-state index contributed by atoms with van der Waals surface area (Å²) in [5, 5.41) is 12.1. The number of nitrogens with zero attached hydrogens (tertiary/aromatic N) is 3. The third-order valence-corrected chi connectivity index (χ3v) is 7.52.